The van der Waals surface area contributed by atoms with E-state index in [1.807, 2.05) is 61.5 Å². The van der Waals surface area contributed by atoms with Crippen molar-refractivity contribution in [2.24, 2.45) is 0 Å². The number of para-hydroxylation sites is 1. The minimum atomic E-state index is -0.111. The Bertz CT molecular complexity index is 1220. The number of rotatable bonds is 6. The minimum Gasteiger partial charge on any atom is -0.350 e. The van der Waals surface area contributed by atoms with Crippen molar-refractivity contribution in [3.05, 3.63) is 100 Å². The van der Waals surface area contributed by atoms with E-state index in [0.717, 1.165) is 29.3 Å². The van der Waals surface area contributed by atoms with Gasteiger partial charge in [0, 0.05) is 17.0 Å². The Morgan fingerprint density at radius 2 is 1.68 bits per heavy atom. The van der Waals surface area contributed by atoms with Gasteiger partial charge in [-0.3, -0.25) is 4.79 Å². The second kappa shape index (κ2) is 9.51. The van der Waals surface area contributed by atoms with Gasteiger partial charge in [-0.05, 0) is 49.6 Å². The summed E-state index contributed by atoms with van der Waals surface area (Å²) in [5.41, 5.74) is 4.11. The summed E-state index contributed by atoms with van der Waals surface area (Å²) in [6, 6.07) is 25.2. The molecule has 31 heavy (non-hydrogen) atoms. The van der Waals surface area contributed by atoms with Gasteiger partial charge in [-0.2, -0.15) is 0 Å². The van der Waals surface area contributed by atoms with Gasteiger partial charge < -0.3 is 5.32 Å². The van der Waals surface area contributed by atoms with Crippen LogP contribution >= 0.6 is 23.2 Å². The first-order valence-electron chi connectivity index (χ1n) is 10.2. The zero-order valence-electron chi connectivity index (χ0n) is 17.1. The molecule has 0 aliphatic heterocycles. The van der Waals surface area contributed by atoms with Crippen molar-refractivity contribution in [3.63, 3.8) is 0 Å². The molecule has 3 nitrogen and oxygen atoms in total. The molecule has 1 heterocycles. The Balaban J connectivity index is 1.60. The monoisotopic (exact) mass is 448 g/mol. The highest BCUT2D eigenvalue weighted by atomic mass is 35.5. The predicted octanol–water partition coefficient (Wildman–Crippen LogP) is 6.96. The zero-order chi connectivity index (χ0) is 21.8. The summed E-state index contributed by atoms with van der Waals surface area (Å²) in [5.74, 6) is -0.111. The Labute approximate surface area is 192 Å². The third-order valence-electron chi connectivity index (χ3n) is 5.26. The molecule has 0 bridgehead atoms. The number of halogens is 2. The van der Waals surface area contributed by atoms with Crippen LogP contribution in [-0.2, 0) is 6.42 Å². The van der Waals surface area contributed by atoms with Crippen molar-refractivity contribution in [2.75, 3.05) is 0 Å². The fourth-order valence-electron chi connectivity index (χ4n) is 3.57. The normalized spacial score (nSPS) is 12.0. The SMILES string of the molecule is C[C@@H](CCc1ccccc1)NC(=O)c1cc(-c2ccc(Cl)c(Cl)c2)nc2ccccc12. The Hall–Kier alpha value is -2.88. The molecule has 1 N–H and O–H groups in total. The number of aromatic nitrogens is 1. The number of aryl methyl sites for hydroxylation is 1. The van der Waals surface area contributed by atoms with Crippen LogP contribution in [0.25, 0.3) is 22.2 Å². The van der Waals surface area contributed by atoms with Crippen LogP contribution in [0.5, 0.6) is 0 Å². The number of pyridine rings is 1. The lowest BCUT2D eigenvalue weighted by molar-refractivity contribution is 0.0940. The molecule has 4 rings (SSSR count). The number of hydrogen-bond donors (Lipinski definition) is 1. The maximum absolute atomic E-state index is 13.2. The molecule has 0 aliphatic rings. The van der Waals surface area contributed by atoms with Crippen molar-refractivity contribution in [1.82, 2.24) is 10.3 Å². The van der Waals surface area contributed by atoms with Crippen molar-refractivity contribution < 1.29 is 4.79 Å². The van der Waals surface area contributed by atoms with E-state index >= 15 is 0 Å². The van der Waals surface area contributed by atoms with Gasteiger partial charge in [0.15, 0.2) is 0 Å². The lowest BCUT2D eigenvalue weighted by atomic mass is 10.0. The first-order valence-corrected chi connectivity index (χ1v) is 11.0. The molecular formula is C26H22Cl2N2O. The van der Waals surface area contributed by atoms with Gasteiger partial charge in [0.2, 0.25) is 0 Å². The van der Waals surface area contributed by atoms with Crippen LogP contribution in [0.2, 0.25) is 10.0 Å². The maximum atomic E-state index is 13.2. The van der Waals surface area contributed by atoms with Gasteiger partial charge in [-0.15, -0.1) is 0 Å². The second-order valence-electron chi connectivity index (χ2n) is 7.60. The average Bonchev–Trinajstić information content (AvgIpc) is 2.79. The molecule has 0 fully saturated rings. The Kier molecular flexibility index (Phi) is 6.55. The molecule has 0 spiro atoms. The molecule has 0 unspecified atom stereocenters. The zero-order valence-corrected chi connectivity index (χ0v) is 18.6. The third kappa shape index (κ3) is 5.07. The summed E-state index contributed by atoms with van der Waals surface area (Å²) in [7, 11) is 0. The molecule has 0 saturated carbocycles. The summed E-state index contributed by atoms with van der Waals surface area (Å²) in [6.07, 6.45) is 1.77. The fourth-order valence-corrected chi connectivity index (χ4v) is 3.87. The van der Waals surface area contributed by atoms with Crippen LogP contribution in [0, 0.1) is 0 Å². The van der Waals surface area contributed by atoms with Crippen molar-refractivity contribution in [1.29, 1.82) is 0 Å². The molecule has 5 heteroatoms. The largest absolute Gasteiger partial charge is 0.350 e. The van der Waals surface area contributed by atoms with E-state index in [-0.39, 0.29) is 11.9 Å². The van der Waals surface area contributed by atoms with Crippen LogP contribution in [0.15, 0.2) is 78.9 Å². The van der Waals surface area contributed by atoms with Gasteiger partial charge in [0.1, 0.15) is 0 Å². The highest BCUT2D eigenvalue weighted by molar-refractivity contribution is 6.42. The van der Waals surface area contributed by atoms with Gasteiger partial charge >= 0.3 is 0 Å². The average molecular weight is 449 g/mol. The number of carbonyl (C=O) groups excluding carboxylic acids is 1. The van der Waals surface area contributed by atoms with Crippen molar-refractivity contribution >= 4 is 40.0 Å². The minimum absolute atomic E-state index is 0.0352. The quantitative estimate of drug-likeness (QED) is 0.346. The number of benzene rings is 3. The van der Waals surface area contributed by atoms with E-state index in [1.165, 1.54) is 5.56 Å². The number of carbonyl (C=O) groups is 1. The second-order valence-corrected chi connectivity index (χ2v) is 8.41. The van der Waals surface area contributed by atoms with Crippen LogP contribution in [-0.4, -0.2) is 16.9 Å². The smallest absolute Gasteiger partial charge is 0.252 e. The van der Waals surface area contributed by atoms with E-state index in [0.29, 0.717) is 21.3 Å². The van der Waals surface area contributed by atoms with E-state index in [9.17, 15) is 4.79 Å². The Morgan fingerprint density at radius 3 is 2.45 bits per heavy atom. The molecule has 0 radical (unpaired) electrons. The summed E-state index contributed by atoms with van der Waals surface area (Å²) in [6.45, 7) is 2.03. The van der Waals surface area contributed by atoms with E-state index < -0.39 is 0 Å². The van der Waals surface area contributed by atoms with Gasteiger partial charge in [-0.1, -0.05) is 77.8 Å². The lowest BCUT2D eigenvalue weighted by Crippen LogP contribution is -2.33. The maximum Gasteiger partial charge on any atom is 0.252 e. The molecule has 1 atom stereocenters. The summed E-state index contributed by atoms with van der Waals surface area (Å²) >= 11 is 12.3. The van der Waals surface area contributed by atoms with Crippen LogP contribution in [0.3, 0.4) is 0 Å². The lowest BCUT2D eigenvalue weighted by Gasteiger charge is -2.16. The highest BCUT2D eigenvalue weighted by Crippen LogP contribution is 2.30. The molecule has 4 aromatic rings. The molecule has 1 amide bonds. The van der Waals surface area contributed by atoms with E-state index in [4.69, 9.17) is 28.2 Å². The van der Waals surface area contributed by atoms with Gasteiger partial charge in [0.05, 0.1) is 26.8 Å². The Morgan fingerprint density at radius 1 is 0.935 bits per heavy atom. The molecular weight excluding hydrogens is 427 g/mol. The first kappa shape index (κ1) is 21.4. The van der Waals surface area contributed by atoms with Gasteiger partial charge in [0.25, 0.3) is 5.91 Å². The highest BCUT2D eigenvalue weighted by Gasteiger charge is 2.16. The number of nitrogens with zero attached hydrogens (tertiary/aromatic N) is 1. The third-order valence-corrected chi connectivity index (χ3v) is 6.00. The number of nitrogens with one attached hydrogen (secondary N) is 1. The number of amides is 1. The van der Waals surface area contributed by atoms with Gasteiger partial charge in [-0.25, -0.2) is 4.98 Å². The first-order chi connectivity index (χ1) is 15.0. The predicted molar refractivity (Wildman–Crippen MR) is 129 cm³/mol. The fraction of sp³-hybridized carbons (Fsp3) is 0.154. The van der Waals surface area contributed by atoms with Crippen LogP contribution in [0.1, 0.15) is 29.3 Å². The van der Waals surface area contributed by atoms with E-state index in [1.54, 1.807) is 12.1 Å². The molecule has 156 valence electrons. The van der Waals surface area contributed by atoms with Crippen molar-refractivity contribution in [2.45, 2.75) is 25.8 Å². The molecule has 1 aromatic heterocycles. The molecule has 3 aromatic carbocycles. The summed E-state index contributed by atoms with van der Waals surface area (Å²) in [5, 5.41) is 4.90. The number of hydrogen-bond acceptors (Lipinski definition) is 2. The van der Waals surface area contributed by atoms with E-state index in [2.05, 4.69) is 17.4 Å². The number of fused-ring (bicyclic) bond motifs is 1. The van der Waals surface area contributed by atoms with Crippen molar-refractivity contribution in [3.8, 4) is 11.3 Å². The summed E-state index contributed by atoms with van der Waals surface area (Å²) < 4.78 is 0. The molecule has 0 aliphatic carbocycles. The topological polar surface area (TPSA) is 42.0 Å². The molecule has 0 saturated heterocycles. The standard InChI is InChI=1S/C26H22Cl2N2O/c1-17(11-12-18-7-3-2-4-8-18)29-26(31)21-16-25(19-13-14-22(27)23(28)15-19)30-24-10-6-5-9-20(21)24/h2-10,13-17H,11-12H2,1H3,(H,29,31)/t17-/m0/s1. The summed E-state index contributed by atoms with van der Waals surface area (Å²) in [4.78, 5) is 17.9. The van der Waals surface area contributed by atoms with Crippen LogP contribution < -0.4 is 5.32 Å². The van der Waals surface area contributed by atoms with Crippen LogP contribution in [0.4, 0.5) is 0 Å².